The van der Waals surface area contributed by atoms with E-state index in [0.717, 1.165) is 54.0 Å². The van der Waals surface area contributed by atoms with Gasteiger partial charge in [-0.15, -0.1) is 0 Å². The minimum atomic E-state index is -3.32. The molecule has 0 radical (unpaired) electrons. The zero-order valence-electron chi connectivity index (χ0n) is 20.6. The first-order chi connectivity index (χ1) is 16.7. The predicted molar refractivity (Wildman–Crippen MR) is 140 cm³/mol. The summed E-state index contributed by atoms with van der Waals surface area (Å²) in [6.07, 6.45) is 4.46. The molecule has 0 saturated carbocycles. The van der Waals surface area contributed by atoms with Crippen LogP contribution in [0, 0.1) is 0 Å². The number of carbonyl (C=O) groups excluding carboxylic acids is 1. The summed E-state index contributed by atoms with van der Waals surface area (Å²) in [4.78, 5) is 23.7. The highest BCUT2D eigenvalue weighted by Crippen LogP contribution is 2.30. The van der Waals surface area contributed by atoms with Crippen LogP contribution in [0.1, 0.15) is 26.7 Å². The maximum Gasteiger partial charge on any atom is 0.173 e. The van der Waals surface area contributed by atoms with Crippen LogP contribution in [0.5, 0.6) is 0 Å². The highest BCUT2D eigenvalue weighted by Gasteiger charge is 2.17. The fraction of sp³-hybridized carbons (Fsp3) is 0.370. The molecule has 7 nitrogen and oxygen atoms in total. The standard InChI is InChI=1S/C27H33N3O4S/c1-21(2)30(16-10-11-17-34-19-24(31)20-35(3,32)33)25-18-28-26(22-12-6-4-7-13-22)27(29-25)23-14-8-5-9-15-23/h4-9,12-15,18,21H,10-11,16-17,19-20H2,1-3H3. The van der Waals surface area contributed by atoms with Gasteiger partial charge in [-0.05, 0) is 26.7 Å². The van der Waals surface area contributed by atoms with E-state index in [1.807, 2.05) is 66.9 Å². The molecular weight excluding hydrogens is 462 g/mol. The van der Waals surface area contributed by atoms with Gasteiger partial charge in [0.2, 0.25) is 0 Å². The van der Waals surface area contributed by atoms with Crippen LogP contribution in [0.4, 0.5) is 5.82 Å². The third-order valence-electron chi connectivity index (χ3n) is 5.40. The number of unbranched alkanes of at least 4 members (excludes halogenated alkanes) is 1. The molecule has 0 aliphatic heterocycles. The number of anilines is 1. The van der Waals surface area contributed by atoms with E-state index in [1.165, 1.54) is 0 Å². The number of benzene rings is 2. The van der Waals surface area contributed by atoms with Crippen molar-refractivity contribution in [2.24, 2.45) is 0 Å². The lowest BCUT2D eigenvalue weighted by Crippen LogP contribution is -2.33. The summed E-state index contributed by atoms with van der Waals surface area (Å²) in [5.74, 6) is -0.0866. The molecule has 0 N–H and O–H groups in total. The summed E-state index contributed by atoms with van der Waals surface area (Å²) in [6.45, 7) is 5.22. The van der Waals surface area contributed by atoms with Crippen LogP contribution in [-0.4, -0.2) is 62.0 Å². The fourth-order valence-electron chi connectivity index (χ4n) is 3.77. The molecule has 0 aliphatic rings. The van der Waals surface area contributed by atoms with Gasteiger partial charge in [-0.2, -0.15) is 0 Å². The van der Waals surface area contributed by atoms with Gasteiger partial charge in [-0.3, -0.25) is 9.78 Å². The number of ether oxygens (including phenoxy) is 1. The van der Waals surface area contributed by atoms with Gasteiger partial charge in [0.05, 0.1) is 17.6 Å². The summed E-state index contributed by atoms with van der Waals surface area (Å²) < 4.78 is 27.7. The summed E-state index contributed by atoms with van der Waals surface area (Å²) in [6, 6.07) is 20.3. The van der Waals surface area contributed by atoms with Crippen molar-refractivity contribution in [3.05, 3.63) is 66.9 Å². The number of hydrogen-bond acceptors (Lipinski definition) is 7. The van der Waals surface area contributed by atoms with Gasteiger partial charge in [0.25, 0.3) is 0 Å². The van der Waals surface area contributed by atoms with E-state index in [0.29, 0.717) is 6.61 Å². The first-order valence-corrected chi connectivity index (χ1v) is 13.8. The van der Waals surface area contributed by atoms with Gasteiger partial charge in [0.1, 0.15) is 18.2 Å². The van der Waals surface area contributed by atoms with Crippen LogP contribution in [-0.2, 0) is 19.4 Å². The van der Waals surface area contributed by atoms with Gasteiger partial charge in [-0.25, -0.2) is 13.4 Å². The molecule has 186 valence electrons. The molecule has 0 amide bonds. The molecule has 2 aromatic carbocycles. The second-order valence-electron chi connectivity index (χ2n) is 8.81. The Bertz CT molecular complexity index is 1200. The van der Waals surface area contributed by atoms with Crippen molar-refractivity contribution in [1.29, 1.82) is 0 Å². The van der Waals surface area contributed by atoms with Gasteiger partial charge in [-0.1, -0.05) is 60.7 Å². The van der Waals surface area contributed by atoms with E-state index in [9.17, 15) is 13.2 Å². The number of rotatable bonds is 13. The molecular formula is C27H33N3O4S. The minimum Gasteiger partial charge on any atom is -0.374 e. The van der Waals surface area contributed by atoms with Crippen LogP contribution in [0.2, 0.25) is 0 Å². The number of carbonyl (C=O) groups is 1. The van der Waals surface area contributed by atoms with Crippen molar-refractivity contribution in [2.75, 3.05) is 36.7 Å². The Balaban J connectivity index is 1.69. The van der Waals surface area contributed by atoms with Gasteiger partial charge < -0.3 is 9.64 Å². The molecule has 3 rings (SSSR count). The Kier molecular flexibility index (Phi) is 9.51. The Labute approximate surface area is 208 Å². The van der Waals surface area contributed by atoms with E-state index < -0.39 is 21.4 Å². The van der Waals surface area contributed by atoms with Crippen molar-refractivity contribution in [2.45, 2.75) is 32.7 Å². The number of ketones is 1. The lowest BCUT2D eigenvalue weighted by atomic mass is 10.0. The summed E-state index contributed by atoms with van der Waals surface area (Å²) >= 11 is 0. The Morgan fingerprint density at radius 1 is 0.943 bits per heavy atom. The molecule has 8 heteroatoms. The third kappa shape index (κ3) is 8.26. The van der Waals surface area contributed by atoms with E-state index in [4.69, 9.17) is 14.7 Å². The molecule has 0 bridgehead atoms. The van der Waals surface area contributed by atoms with Crippen LogP contribution in [0.3, 0.4) is 0 Å². The fourth-order valence-corrected chi connectivity index (χ4v) is 4.43. The number of aromatic nitrogens is 2. The average molecular weight is 496 g/mol. The Morgan fingerprint density at radius 2 is 1.54 bits per heavy atom. The number of nitrogens with zero attached hydrogens (tertiary/aromatic N) is 3. The molecule has 1 heterocycles. The van der Waals surface area contributed by atoms with Gasteiger partial charge in [0, 0.05) is 36.6 Å². The van der Waals surface area contributed by atoms with Gasteiger partial charge >= 0.3 is 0 Å². The smallest absolute Gasteiger partial charge is 0.173 e. The molecule has 0 spiro atoms. The van der Waals surface area contributed by atoms with E-state index in [-0.39, 0.29) is 12.6 Å². The molecule has 3 aromatic rings. The number of sulfone groups is 1. The van der Waals surface area contributed by atoms with Gasteiger partial charge in [0.15, 0.2) is 15.6 Å². The van der Waals surface area contributed by atoms with Crippen LogP contribution in [0.25, 0.3) is 22.5 Å². The lowest BCUT2D eigenvalue weighted by Gasteiger charge is -2.28. The second kappa shape index (κ2) is 12.6. The zero-order chi connectivity index (χ0) is 25.3. The topological polar surface area (TPSA) is 89.5 Å². The van der Waals surface area contributed by atoms with Crippen molar-refractivity contribution in [1.82, 2.24) is 9.97 Å². The van der Waals surface area contributed by atoms with Crippen molar-refractivity contribution < 1.29 is 17.9 Å². The van der Waals surface area contributed by atoms with Crippen molar-refractivity contribution in [3.63, 3.8) is 0 Å². The Hall–Kier alpha value is -3.10. The normalized spacial score (nSPS) is 11.5. The predicted octanol–water partition coefficient (Wildman–Crippen LogP) is 4.44. The summed E-state index contributed by atoms with van der Waals surface area (Å²) in [7, 11) is -3.32. The van der Waals surface area contributed by atoms with Crippen molar-refractivity contribution in [3.8, 4) is 22.5 Å². The molecule has 0 aliphatic carbocycles. The van der Waals surface area contributed by atoms with E-state index in [1.54, 1.807) is 0 Å². The highest BCUT2D eigenvalue weighted by atomic mass is 32.2. The quantitative estimate of drug-likeness (QED) is 0.324. The molecule has 0 atom stereocenters. The van der Waals surface area contributed by atoms with Crippen LogP contribution >= 0.6 is 0 Å². The molecule has 0 saturated heterocycles. The number of hydrogen-bond donors (Lipinski definition) is 0. The second-order valence-corrected chi connectivity index (χ2v) is 11.0. The first kappa shape index (κ1) is 26.5. The van der Waals surface area contributed by atoms with Crippen molar-refractivity contribution >= 4 is 21.4 Å². The molecule has 0 fully saturated rings. The zero-order valence-corrected chi connectivity index (χ0v) is 21.4. The number of Topliss-reactive ketones (excluding diaryl/α,β-unsaturated/α-hetero) is 1. The maximum atomic E-state index is 11.6. The highest BCUT2D eigenvalue weighted by molar-refractivity contribution is 7.91. The molecule has 35 heavy (non-hydrogen) atoms. The van der Waals surface area contributed by atoms with E-state index in [2.05, 4.69) is 18.7 Å². The SMILES string of the molecule is CC(C)N(CCCCOCC(=O)CS(C)(=O)=O)c1cnc(-c2ccccc2)c(-c2ccccc2)n1. The first-order valence-electron chi connectivity index (χ1n) is 11.8. The van der Waals surface area contributed by atoms with Crippen LogP contribution < -0.4 is 4.90 Å². The summed E-state index contributed by atoms with van der Waals surface area (Å²) in [5.41, 5.74) is 3.71. The van der Waals surface area contributed by atoms with Crippen LogP contribution in [0.15, 0.2) is 66.9 Å². The van der Waals surface area contributed by atoms with E-state index >= 15 is 0 Å². The summed E-state index contributed by atoms with van der Waals surface area (Å²) in [5, 5.41) is 0. The average Bonchev–Trinajstić information content (AvgIpc) is 2.83. The molecule has 0 unspecified atom stereocenters. The lowest BCUT2D eigenvalue weighted by molar-refractivity contribution is -0.121. The maximum absolute atomic E-state index is 11.6. The minimum absolute atomic E-state index is 0.173. The third-order valence-corrected chi connectivity index (χ3v) is 6.24. The monoisotopic (exact) mass is 495 g/mol. The largest absolute Gasteiger partial charge is 0.374 e. The molecule has 1 aromatic heterocycles. The Morgan fingerprint density at radius 3 is 2.11 bits per heavy atom.